The molecule has 0 fully saturated rings. The van der Waals surface area contributed by atoms with Crippen molar-refractivity contribution in [2.75, 3.05) is 13.0 Å². The summed E-state index contributed by atoms with van der Waals surface area (Å²) in [7, 11) is 0. The third-order valence-electron chi connectivity index (χ3n) is 1.58. The molecule has 1 heterocycles. The predicted molar refractivity (Wildman–Crippen MR) is 55.7 cm³/mol. The zero-order valence-corrected chi connectivity index (χ0v) is 8.98. The summed E-state index contributed by atoms with van der Waals surface area (Å²) in [5.74, 6) is 1.71. The van der Waals surface area contributed by atoms with Crippen molar-refractivity contribution in [3.63, 3.8) is 0 Å². The van der Waals surface area contributed by atoms with Crippen molar-refractivity contribution in [1.29, 1.82) is 0 Å². The summed E-state index contributed by atoms with van der Waals surface area (Å²) in [5, 5.41) is 0. The van der Waals surface area contributed by atoms with E-state index in [0.29, 0.717) is 6.79 Å². The number of hydrogen-bond donors (Lipinski definition) is 0. The molecule has 0 spiro atoms. The number of thioether (sulfide) groups is 1. The molecule has 2 nitrogen and oxygen atoms in total. The van der Waals surface area contributed by atoms with Gasteiger partial charge in [-0.05, 0) is 24.5 Å². The lowest BCUT2D eigenvalue weighted by atomic mass is 10.3. The van der Waals surface area contributed by atoms with E-state index in [4.69, 9.17) is 9.47 Å². The molecular weight excluding hydrogens is 184 g/mol. The molecule has 0 radical (unpaired) electrons. The number of hydrogen-bond acceptors (Lipinski definition) is 3. The summed E-state index contributed by atoms with van der Waals surface area (Å²) in [5.41, 5.74) is 0. The van der Waals surface area contributed by atoms with Gasteiger partial charge in [0.1, 0.15) is 0 Å². The van der Waals surface area contributed by atoms with Crippen molar-refractivity contribution in [3.8, 4) is 11.5 Å². The van der Waals surface area contributed by atoms with E-state index in [2.05, 4.69) is 0 Å². The molecule has 1 aromatic rings. The van der Waals surface area contributed by atoms with E-state index in [-0.39, 0.29) is 0 Å². The Morgan fingerprint density at radius 3 is 2.54 bits per heavy atom. The molecule has 0 unspecified atom stereocenters. The van der Waals surface area contributed by atoms with Crippen LogP contribution in [0.2, 0.25) is 0 Å². The summed E-state index contributed by atoms with van der Waals surface area (Å²) < 4.78 is 10.4. The molecule has 0 atom stereocenters. The summed E-state index contributed by atoms with van der Waals surface area (Å²) in [6, 6.07) is 5.96. The third kappa shape index (κ3) is 2.31. The normalized spacial score (nSPS) is 11.9. The van der Waals surface area contributed by atoms with Crippen LogP contribution in [0.5, 0.6) is 11.5 Å². The van der Waals surface area contributed by atoms with Gasteiger partial charge in [0.15, 0.2) is 11.5 Å². The quantitative estimate of drug-likeness (QED) is 0.646. The van der Waals surface area contributed by atoms with Crippen molar-refractivity contribution >= 4 is 11.8 Å². The van der Waals surface area contributed by atoms with Crippen LogP contribution in [0.3, 0.4) is 0 Å². The van der Waals surface area contributed by atoms with Gasteiger partial charge in [0, 0.05) is 4.90 Å². The standard InChI is InChI=1S/C8H8O2S.C2H6/c1-11-6-2-3-7-8(4-6)10-5-9-7;1-2/h2-4H,5H2,1H3;1-2H3. The third-order valence-corrected chi connectivity index (χ3v) is 2.31. The van der Waals surface area contributed by atoms with Gasteiger partial charge >= 0.3 is 0 Å². The summed E-state index contributed by atoms with van der Waals surface area (Å²) in [4.78, 5) is 1.20. The van der Waals surface area contributed by atoms with Gasteiger partial charge in [0.2, 0.25) is 6.79 Å². The van der Waals surface area contributed by atoms with Gasteiger partial charge < -0.3 is 9.47 Å². The highest BCUT2D eigenvalue weighted by atomic mass is 32.2. The first-order valence-corrected chi connectivity index (χ1v) is 5.56. The Hall–Kier alpha value is -0.830. The van der Waals surface area contributed by atoms with Crippen LogP contribution in [0, 0.1) is 0 Å². The summed E-state index contributed by atoms with van der Waals surface area (Å²) >= 11 is 1.70. The first-order valence-electron chi connectivity index (χ1n) is 4.34. The van der Waals surface area contributed by atoms with Gasteiger partial charge in [-0.3, -0.25) is 0 Å². The van der Waals surface area contributed by atoms with Crippen molar-refractivity contribution in [2.24, 2.45) is 0 Å². The van der Waals surface area contributed by atoms with Crippen LogP contribution in [0.25, 0.3) is 0 Å². The molecule has 0 saturated carbocycles. The van der Waals surface area contributed by atoms with Gasteiger partial charge in [0.25, 0.3) is 0 Å². The lowest BCUT2D eigenvalue weighted by molar-refractivity contribution is 0.174. The number of rotatable bonds is 1. The van der Waals surface area contributed by atoms with Crippen molar-refractivity contribution < 1.29 is 9.47 Å². The summed E-state index contributed by atoms with van der Waals surface area (Å²) in [6.45, 7) is 4.35. The molecule has 1 aromatic carbocycles. The first-order chi connectivity index (χ1) is 6.40. The first kappa shape index (κ1) is 10.3. The molecule has 2 rings (SSSR count). The van der Waals surface area contributed by atoms with Gasteiger partial charge in [0.05, 0.1) is 0 Å². The molecule has 0 bridgehead atoms. The van der Waals surface area contributed by atoms with Crippen LogP contribution in [-0.4, -0.2) is 13.0 Å². The molecule has 72 valence electrons. The highest BCUT2D eigenvalue weighted by Crippen LogP contribution is 2.34. The molecule has 3 heteroatoms. The van der Waals surface area contributed by atoms with E-state index in [0.717, 1.165) is 11.5 Å². The van der Waals surface area contributed by atoms with Gasteiger partial charge in [-0.2, -0.15) is 0 Å². The van der Waals surface area contributed by atoms with E-state index in [1.54, 1.807) is 11.8 Å². The molecule has 0 aromatic heterocycles. The minimum atomic E-state index is 0.354. The Balaban J connectivity index is 0.000000396. The number of ether oxygens (including phenoxy) is 2. The Kier molecular flexibility index (Phi) is 3.96. The summed E-state index contributed by atoms with van der Waals surface area (Å²) in [6.07, 6.45) is 2.04. The zero-order chi connectivity index (χ0) is 9.68. The second-order valence-corrected chi connectivity index (χ2v) is 3.10. The zero-order valence-electron chi connectivity index (χ0n) is 8.16. The fourth-order valence-corrected chi connectivity index (χ4v) is 1.43. The Labute approximate surface area is 83.2 Å². The molecule has 1 aliphatic heterocycles. The van der Waals surface area contributed by atoms with Crippen molar-refractivity contribution in [2.45, 2.75) is 18.7 Å². The van der Waals surface area contributed by atoms with E-state index >= 15 is 0 Å². The van der Waals surface area contributed by atoms with E-state index in [1.165, 1.54) is 4.90 Å². The van der Waals surface area contributed by atoms with E-state index < -0.39 is 0 Å². The maximum atomic E-state index is 5.21. The van der Waals surface area contributed by atoms with Crippen LogP contribution in [0.1, 0.15) is 13.8 Å². The van der Waals surface area contributed by atoms with Gasteiger partial charge in [-0.25, -0.2) is 0 Å². The van der Waals surface area contributed by atoms with Crippen LogP contribution >= 0.6 is 11.8 Å². The second-order valence-electron chi connectivity index (χ2n) is 2.22. The predicted octanol–water partition coefficient (Wildman–Crippen LogP) is 3.16. The van der Waals surface area contributed by atoms with Crippen molar-refractivity contribution in [1.82, 2.24) is 0 Å². The Bertz CT molecular complexity index is 274. The van der Waals surface area contributed by atoms with Crippen LogP contribution in [0.15, 0.2) is 23.1 Å². The second kappa shape index (κ2) is 5.02. The topological polar surface area (TPSA) is 18.5 Å². The lowest BCUT2D eigenvalue weighted by Crippen LogP contribution is -1.92. The maximum absolute atomic E-state index is 5.21. The van der Waals surface area contributed by atoms with Crippen LogP contribution in [-0.2, 0) is 0 Å². The van der Waals surface area contributed by atoms with E-state index in [9.17, 15) is 0 Å². The highest BCUT2D eigenvalue weighted by Gasteiger charge is 2.12. The average molecular weight is 198 g/mol. The SMILES string of the molecule is CC.CSc1ccc2c(c1)OCO2. The average Bonchev–Trinajstić information content (AvgIpc) is 2.67. The number of benzene rings is 1. The largest absolute Gasteiger partial charge is 0.454 e. The van der Waals surface area contributed by atoms with E-state index in [1.807, 2.05) is 38.3 Å². The molecule has 0 aliphatic carbocycles. The van der Waals surface area contributed by atoms with Crippen LogP contribution in [0.4, 0.5) is 0 Å². The fraction of sp³-hybridized carbons (Fsp3) is 0.400. The monoisotopic (exact) mass is 198 g/mol. The molecule has 13 heavy (non-hydrogen) atoms. The Morgan fingerprint density at radius 2 is 1.85 bits per heavy atom. The molecular formula is C10H14O2S. The van der Waals surface area contributed by atoms with Crippen LogP contribution < -0.4 is 9.47 Å². The minimum absolute atomic E-state index is 0.354. The Morgan fingerprint density at radius 1 is 1.15 bits per heavy atom. The maximum Gasteiger partial charge on any atom is 0.231 e. The minimum Gasteiger partial charge on any atom is -0.454 e. The smallest absolute Gasteiger partial charge is 0.231 e. The molecule has 1 aliphatic rings. The molecule has 0 amide bonds. The lowest BCUT2D eigenvalue weighted by Gasteiger charge is -1.97. The highest BCUT2D eigenvalue weighted by molar-refractivity contribution is 7.98. The molecule has 0 N–H and O–H groups in total. The van der Waals surface area contributed by atoms with Gasteiger partial charge in [-0.1, -0.05) is 13.8 Å². The fourth-order valence-electron chi connectivity index (χ4n) is 1.00. The number of fused-ring (bicyclic) bond motifs is 1. The van der Waals surface area contributed by atoms with Crippen molar-refractivity contribution in [3.05, 3.63) is 18.2 Å². The molecule has 0 saturated heterocycles. The van der Waals surface area contributed by atoms with Gasteiger partial charge in [-0.15, -0.1) is 11.8 Å².